The van der Waals surface area contributed by atoms with Crippen LogP contribution in [0.4, 0.5) is 0 Å². The number of halogens is 1. The maximum Gasteiger partial charge on any atom is 0.0861 e. The molecule has 3 rings (SSSR count). The van der Waals surface area contributed by atoms with Crippen LogP contribution >= 0.6 is 15.9 Å². The number of benzene rings is 2. The van der Waals surface area contributed by atoms with E-state index in [0.717, 1.165) is 36.9 Å². The SMILES string of the molecule is CCN(CCCC(C#N)(c1ccccc1Br)C1CC1)Cc1ccccc1. The Bertz CT molecular complexity index is 748. The second-order valence-electron chi connectivity index (χ2n) is 7.30. The molecule has 0 radical (unpaired) electrons. The highest BCUT2D eigenvalue weighted by molar-refractivity contribution is 9.10. The lowest BCUT2D eigenvalue weighted by Crippen LogP contribution is -2.30. The molecule has 0 heterocycles. The van der Waals surface area contributed by atoms with Gasteiger partial charge in [-0.3, -0.25) is 4.90 Å². The second kappa shape index (κ2) is 8.84. The summed E-state index contributed by atoms with van der Waals surface area (Å²) in [5.74, 6) is 0.510. The Morgan fingerprint density at radius 2 is 1.81 bits per heavy atom. The molecule has 0 amide bonds. The average Bonchev–Trinajstić information content (AvgIpc) is 3.52. The molecule has 1 aliphatic rings. The Balaban J connectivity index is 1.67. The predicted octanol–water partition coefficient (Wildman–Crippen LogP) is 5.92. The number of nitriles is 1. The van der Waals surface area contributed by atoms with Crippen molar-refractivity contribution in [2.75, 3.05) is 13.1 Å². The van der Waals surface area contributed by atoms with Crippen molar-refractivity contribution in [2.24, 2.45) is 5.92 Å². The number of nitrogens with zero attached hydrogens (tertiary/aromatic N) is 2. The summed E-state index contributed by atoms with van der Waals surface area (Å²) in [6, 6.07) is 21.7. The Morgan fingerprint density at radius 3 is 2.42 bits per heavy atom. The van der Waals surface area contributed by atoms with Gasteiger partial charge in [-0.25, -0.2) is 0 Å². The van der Waals surface area contributed by atoms with Gasteiger partial charge in [0.1, 0.15) is 0 Å². The van der Waals surface area contributed by atoms with Crippen molar-refractivity contribution in [2.45, 2.75) is 44.6 Å². The lowest BCUT2D eigenvalue weighted by atomic mass is 9.74. The second-order valence-corrected chi connectivity index (χ2v) is 8.15. The van der Waals surface area contributed by atoms with Crippen LogP contribution in [0.3, 0.4) is 0 Å². The first-order valence-corrected chi connectivity index (χ1v) is 10.4. The van der Waals surface area contributed by atoms with Crippen LogP contribution in [0.25, 0.3) is 0 Å². The molecule has 3 heteroatoms. The zero-order valence-corrected chi connectivity index (χ0v) is 17.1. The maximum absolute atomic E-state index is 10.1. The number of hydrogen-bond acceptors (Lipinski definition) is 2. The minimum absolute atomic E-state index is 0.341. The molecule has 0 aliphatic heterocycles. The van der Waals surface area contributed by atoms with E-state index < -0.39 is 0 Å². The summed E-state index contributed by atoms with van der Waals surface area (Å²) in [4.78, 5) is 2.48. The lowest BCUT2D eigenvalue weighted by molar-refractivity contribution is 0.261. The van der Waals surface area contributed by atoms with E-state index in [4.69, 9.17) is 0 Å². The first kappa shape index (κ1) is 19.1. The van der Waals surface area contributed by atoms with Crippen LogP contribution in [0.15, 0.2) is 59.1 Å². The van der Waals surface area contributed by atoms with Gasteiger partial charge in [-0.05, 0) is 61.9 Å². The summed E-state index contributed by atoms with van der Waals surface area (Å²) >= 11 is 3.69. The molecule has 1 saturated carbocycles. The summed E-state index contributed by atoms with van der Waals surface area (Å²) in [6.07, 6.45) is 4.33. The fourth-order valence-corrected chi connectivity index (χ4v) is 4.58. The van der Waals surface area contributed by atoms with E-state index in [1.165, 1.54) is 24.0 Å². The van der Waals surface area contributed by atoms with Crippen molar-refractivity contribution in [3.63, 3.8) is 0 Å². The highest BCUT2D eigenvalue weighted by atomic mass is 79.9. The van der Waals surface area contributed by atoms with Crippen LogP contribution in [0, 0.1) is 17.2 Å². The third kappa shape index (κ3) is 4.37. The van der Waals surface area contributed by atoms with Crippen LogP contribution in [0.5, 0.6) is 0 Å². The number of rotatable bonds is 9. The third-order valence-corrected chi connectivity index (χ3v) is 6.26. The molecule has 0 bridgehead atoms. The molecule has 2 aromatic rings. The quantitative estimate of drug-likeness (QED) is 0.512. The Kier molecular flexibility index (Phi) is 6.51. The van der Waals surface area contributed by atoms with Crippen molar-refractivity contribution in [1.29, 1.82) is 5.26 Å². The molecule has 0 spiro atoms. The summed E-state index contributed by atoms with van der Waals surface area (Å²) in [5, 5.41) is 10.1. The monoisotopic (exact) mass is 410 g/mol. The van der Waals surface area contributed by atoms with Crippen LogP contribution in [0.1, 0.15) is 43.7 Å². The standard InChI is InChI=1S/C23H27BrN2/c1-2-26(17-19-9-4-3-5-10-19)16-8-15-23(18-25,20-13-14-20)21-11-6-7-12-22(21)24/h3-7,9-12,20H,2,8,13-17H2,1H3. The largest absolute Gasteiger partial charge is 0.299 e. The summed E-state index contributed by atoms with van der Waals surface area (Å²) < 4.78 is 1.07. The van der Waals surface area contributed by atoms with Crippen LogP contribution < -0.4 is 0 Å². The van der Waals surface area contributed by atoms with Crippen molar-refractivity contribution >= 4 is 15.9 Å². The van der Waals surface area contributed by atoms with Crippen molar-refractivity contribution in [3.05, 3.63) is 70.2 Å². The molecule has 1 aliphatic carbocycles. The molecule has 1 unspecified atom stereocenters. The fraction of sp³-hybridized carbons (Fsp3) is 0.435. The van der Waals surface area contributed by atoms with Gasteiger partial charge in [0.15, 0.2) is 0 Å². The van der Waals surface area contributed by atoms with Gasteiger partial charge < -0.3 is 0 Å². The van der Waals surface area contributed by atoms with Crippen LogP contribution in [-0.2, 0) is 12.0 Å². The van der Waals surface area contributed by atoms with Gasteiger partial charge in [0.05, 0.1) is 11.5 Å². The highest BCUT2D eigenvalue weighted by Gasteiger charge is 2.47. The maximum atomic E-state index is 10.1. The minimum atomic E-state index is -0.341. The van der Waals surface area contributed by atoms with Crippen molar-refractivity contribution in [3.8, 4) is 6.07 Å². The van der Waals surface area contributed by atoms with E-state index in [1.807, 2.05) is 6.07 Å². The van der Waals surface area contributed by atoms with E-state index in [1.54, 1.807) is 0 Å². The van der Waals surface area contributed by atoms with Crippen LogP contribution in [0.2, 0.25) is 0 Å². The highest BCUT2D eigenvalue weighted by Crippen LogP contribution is 2.51. The first-order valence-electron chi connectivity index (χ1n) is 9.62. The zero-order chi connectivity index (χ0) is 18.4. The molecular formula is C23H27BrN2. The van der Waals surface area contributed by atoms with E-state index >= 15 is 0 Å². The zero-order valence-electron chi connectivity index (χ0n) is 15.5. The minimum Gasteiger partial charge on any atom is -0.299 e. The molecule has 26 heavy (non-hydrogen) atoms. The molecule has 2 aromatic carbocycles. The smallest absolute Gasteiger partial charge is 0.0861 e. The van der Waals surface area contributed by atoms with Gasteiger partial charge in [-0.15, -0.1) is 0 Å². The van der Waals surface area contributed by atoms with E-state index in [2.05, 4.69) is 82.4 Å². The van der Waals surface area contributed by atoms with Crippen LogP contribution in [-0.4, -0.2) is 18.0 Å². The summed E-state index contributed by atoms with van der Waals surface area (Å²) in [7, 11) is 0. The van der Waals surface area contributed by atoms with Gasteiger partial charge >= 0.3 is 0 Å². The van der Waals surface area contributed by atoms with Gasteiger partial charge in [0, 0.05) is 11.0 Å². The van der Waals surface area contributed by atoms with Gasteiger partial charge in [0.2, 0.25) is 0 Å². The number of hydrogen-bond donors (Lipinski definition) is 0. The Labute approximate surface area is 166 Å². The normalized spacial score (nSPS) is 16.2. The lowest BCUT2D eigenvalue weighted by Gasteiger charge is -2.30. The molecule has 0 saturated heterocycles. The molecule has 0 aromatic heterocycles. The fourth-order valence-electron chi connectivity index (χ4n) is 3.94. The van der Waals surface area contributed by atoms with E-state index in [0.29, 0.717) is 5.92 Å². The van der Waals surface area contributed by atoms with Gasteiger partial charge in [-0.1, -0.05) is 71.4 Å². The topological polar surface area (TPSA) is 27.0 Å². The predicted molar refractivity (Wildman–Crippen MR) is 111 cm³/mol. The Morgan fingerprint density at radius 1 is 1.12 bits per heavy atom. The third-order valence-electron chi connectivity index (χ3n) is 5.57. The molecule has 1 atom stereocenters. The molecule has 136 valence electrons. The molecule has 2 nitrogen and oxygen atoms in total. The molecule has 1 fully saturated rings. The average molecular weight is 411 g/mol. The van der Waals surface area contributed by atoms with E-state index in [-0.39, 0.29) is 5.41 Å². The Hall–Kier alpha value is -1.63. The summed E-state index contributed by atoms with van der Waals surface area (Å²) in [5.41, 5.74) is 2.19. The molecule has 0 N–H and O–H groups in total. The van der Waals surface area contributed by atoms with E-state index in [9.17, 15) is 5.26 Å². The van der Waals surface area contributed by atoms with Crippen molar-refractivity contribution < 1.29 is 0 Å². The molecular weight excluding hydrogens is 384 g/mol. The summed E-state index contributed by atoms with van der Waals surface area (Å²) in [6.45, 7) is 5.27. The van der Waals surface area contributed by atoms with Gasteiger partial charge in [-0.2, -0.15) is 5.26 Å². The first-order chi connectivity index (χ1) is 12.7. The van der Waals surface area contributed by atoms with Crippen molar-refractivity contribution in [1.82, 2.24) is 4.90 Å². The van der Waals surface area contributed by atoms with Gasteiger partial charge in [0.25, 0.3) is 0 Å².